The molecule has 8 heteroatoms. The molecule has 0 aliphatic rings. The molecule has 0 saturated carbocycles. The van der Waals surface area contributed by atoms with E-state index < -0.39 is 11.9 Å². The molecule has 0 saturated heterocycles. The van der Waals surface area contributed by atoms with Crippen LogP contribution in [0.5, 0.6) is 0 Å². The van der Waals surface area contributed by atoms with Crippen LogP contribution < -0.4 is 9.80 Å². The van der Waals surface area contributed by atoms with Gasteiger partial charge in [-0.15, -0.1) is 0 Å². The lowest BCUT2D eigenvalue weighted by Gasteiger charge is -2.18. The normalized spacial score (nSPS) is 10.6. The van der Waals surface area contributed by atoms with Crippen LogP contribution in [0.15, 0.2) is 109 Å². The number of carbonyl (C=O) groups excluding carboxylic acids is 3. The average molecular weight is 619 g/mol. The zero-order valence-corrected chi connectivity index (χ0v) is 26.6. The Morgan fingerprint density at radius 2 is 1.09 bits per heavy atom. The van der Waals surface area contributed by atoms with Crippen molar-refractivity contribution in [2.24, 2.45) is 0 Å². The number of rotatable bonds is 9. The van der Waals surface area contributed by atoms with Crippen LogP contribution in [0.2, 0.25) is 0 Å². The highest BCUT2D eigenvalue weighted by Gasteiger charge is 2.15. The van der Waals surface area contributed by atoms with Crippen LogP contribution in [0.1, 0.15) is 49.9 Å². The van der Waals surface area contributed by atoms with Crippen LogP contribution in [-0.2, 0) is 14.3 Å². The van der Waals surface area contributed by atoms with Crippen molar-refractivity contribution >= 4 is 47.3 Å². The summed E-state index contributed by atoms with van der Waals surface area (Å²) in [7, 11) is 3.47. The molecule has 0 aromatic heterocycles. The fourth-order valence-electron chi connectivity index (χ4n) is 4.37. The van der Waals surface area contributed by atoms with E-state index in [1.54, 1.807) is 79.4 Å². The van der Waals surface area contributed by atoms with E-state index in [2.05, 4.69) is 0 Å². The number of aryl methyl sites for hydroxylation is 2. The van der Waals surface area contributed by atoms with Crippen molar-refractivity contribution < 1.29 is 29.0 Å². The number of aliphatic carboxylic acids is 1. The Labute approximate surface area is 269 Å². The molecule has 0 atom stereocenters. The summed E-state index contributed by atoms with van der Waals surface area (Å²) in [5.74, 6) is -1.66. The highest BCUT2D eigenvalue weighted by Crippen LogP contribution is 2.19. The van der Waals surface area contributed by atoms with Crippen LogP contribution >= 0.6 is 0 Å². The van der Waals surface area contributed by atoms with Crippen LogP contribution in [-0.4, -0.2) is 49.6 Å². The Balaban J connectivity index is 0.000000251. The van der Waals surface area contributed by atoms with Gasteiger partial charge in [-0.3, -0.25) is 9.59 Å². The third-order valence-corrected chi connectivity index (χ3v) is 6.77. The quantitative estimate of drug-likeness (QED) is 0.157. The Morgan fingerprint density at radius 3 is 1.50 bits per heavy atom. The second kappa shape index (κ2) is 16.9. The van der Waals surface area contributed by atoms with Crippen molar-refractivity contribution in [2.75, 3.05) is 30.5 Å². The first-order chi connectivity index (χ1) is 22.0. The molecule has 4 rings (SSSR count). The molecule has 0 aliphatic heterocycles. The second-order valence-corrected chi connectivity index (χ2v) is 10.4. The predicted octanol–water partition coefficient (Wildman–Crippen LogP) is 7.22. The van der Waals surface area contributed by atoms with Crippen LogP contribution in [0.3, 0.4) is 0 Å². The van der Waals surface area contributed by atoms with E-state index in [9.17, 15) is 19.2 Å². The van der Waals surface area contributed by atoms with E-state index in [1.165, 1.54) is 12.2 Å². The molecule has 0 spiro atoms. The van der Waals surface area contributed by atoms with E-state index in [0.29, 0.717) is 23.3 Å². The molecule has 4 aromatic carbocycles. The van der Waals surface area contributed by atoms with Gasteiger partial charge in [-0.05, 0) is 104 Å². The molecule has 0 aliphatic carbocycles. The highest BCUT2D eigenvalue weighted by atomic mass is 16.5. The number of carboxylic acids is 1. The summed E-state index contributed by atoms with van der Waals surface area (Å²) in [5.41, 5.74) is 6.34. The van der Waals surface area contributed by atoms with Gasteiger partial charge in [0.2, 0.25) is 0 Å². The summed E-state index contributed by atoms with van der Waals surface area (Å²) in [4.78, 5) is 50.3. The zero-order valence-electron chi connectivity index (χ0n) is 26.6. The maximum Gasteiger partial charge on any atom is 0.330 e. The van der Waals surface area contributed by atoms with Crippen LogP contribution in [0.4, 0.5) is 11.4 Å². The number of hydrogen-bond donors (Lipinski definition) is 1. The summed E-state index contributed by atoms with van der Waals surface area (Å²) >= 11 is 0. The van der Waals surface area contributed by atoms with Crippen LogP contribution in [0.25, 0.3) is 12.2 Å². The number of esters is 1. The molecule has 0 fully saturated rings. The summed E-state index contributed by atoms with van der Waals surface area (Å²) < 4.78 is 4.85. The van der Waals surface area contributed by atoms with E-state index in [0.717, 1.165) is 34.1 Å². The number of ether oxygens (including phenoxy) is 1. The third kappa shape index (κ3) is 10.4. The van der Waals surface area contributed by atoms with Crippen LogP contribution in [0, 0.1) is 13.8 Å². The molecule has 236 valence electrons. The summed E-state index contributed by atoms with van der Waals surface area (Å²) in [6, 6.07) is 29.5. The highest BCUT2D eigenvalue weighted by molar-refractivity contribution is 6.07. The van der Waals surface area contributed by atoms with Crippen molar-refractivity contribution in [3.63, 3.8) is 0 Å². The van der Waals surface area contributed by atoms with Gasteiger partial charge < -0.3 is 19.6 Å². The Kier molecular flexibility index (Phi) is 12.8. The molecule has 1 N–H and O–H groups in total. The minimum Gasteiger partial charge on any atom is -0.478 e. The van der Waals surface area contributed by atoms with Gasteiger partial charge in [-0.25, -0.2) is 9.59 Å². The number of benzene rings is 4. The van der Waals surface area contributed by atoms with Gasteiger partial charge in [-0.2, -0.15) is 0 Å². The Bertz CT molecular complexity index is 1760. The number of nitrogens with zero attached hydrogens (tertiary/aromatic N) is 2. The number of carbonyl (C=O) groups is 4. The molecule has 0 heterocycles. The minimum absolute atomic E-state index is 0.105. The molecule has 8 nitrogen and oxygen atoms in total. The number of hydrogen-bond acceptors (Lipinski definition) is 5. The van der Waals surface area contributed by atoms with Gasteiger partial charge in [0.1, 0.15) is 0 Å². The van der Waals surface area contributed by atoms with Crippen molar-refractivity contribution in [1.82, 2.24) is 0 Å². The van der Waals surface area contributed by atoms with E-state index in [-0.39, 0.29) is 11.8 Å². The molecular weight excluding hydrogens is 580 g/mol. The van der Waals surface area contributed by atoms with Crippen molar-refractivity contribution in [3.05, 3.63) is 143 Å². The van der Waals surface area contributed by atoms with Crippen molar-refractivity contribution in [2.45, 2.75) is 20.8 Å². The maximum atomic E-state index is 12.7. The number of anilines is 2. The fourth-order valence-corrected chi connectivity index (χ4v) is 4.37. The third-order valence-electron chi connectivity index (χ3n) is 6.77. The van der Waals surface area contributed by atoms with Gasteiger partial charge in [0, 0.05) is 48.7 Å². The van der Waals surface area contributed by atoms with Crippen molar-refractivity contribution in [1.29, 1.82) is 0 Å². The molecule has 0 radical (unpaired) electrons. The zero-order chi connectivity index (χ0) is 33.6. The average Bonchev–Trinajstić information content (AvgIpc) is 3.05. The summed E-state index contributed by atoms with van der Waals surface area (Å²) in [6.45, 7) is 6.05. The largest absolute Gasteiger partial charge is 0.478 e. The lowest BCUT2D eigenvalue weighted by molar-refractivity contribution is -0.137. The van der Waals surface area contributed by atoms with E-state index >= 15 is 0 Å². The first kappa shape index (κ1) is 34.7. The van der Waals surface area contributed by atoms with Gasteiger partial charge in [0.25, 0.3) is 11.8 Å². The molecular formula is C38H38N2O6. The summed E-state index contributed by atoms with van der Waals surface area (Å²) in [6.07, 6.45) is 5.51. The Hall–Kier alpha value is -5.76. The van der Waals surface area contributed by atoms with E-state index in [4.69, 9.17) is 9.84 Å². The van der Waals surface area contributed by atoms with Gasteiger partial charge in [-0.1, -0.05) is 48.5 Å². The fraction of sp³-hybridized carbons (Fsp3) is 0.158. The molecule has 4 aromatic rings. The SMILES string of the molecule is CCOC(=O)/C=C/c1cccc(C(=O)N(C)c2cccc(C)c2)c1.Cc1cccc(N(C)C(=O)c2cccc(/C=C/C(=O)O)c2)c1. The second-order valence-electron chi connectivity index (χ2n) is 10.4. The van der Waals surface area contributed by atoms with Gasteiger partial charge in [0.05, 0.1) is 6.61 Å². The smallest absolute Gasteiger partial charge is 0.330 e. The molecule has 46 heavy (non-hydrogen) atoms. The molecule has 0 bridgehead atoms. The lowest BCUT2D eigenvalue weighted by atomic mass is 10.1. The first-order valence-corrected chi connectivity index (χ1v) is 14.6. The van der Waals surface area contributed by atoms with Crippen molar-refractivity contribution in [3.8, 4) is 0 Å². The molecule has 2 amide bonds. The summed E-state index contributed by atoms with van der Waals surface area (Å²) in [5, 5.41) is 8.65. The molecule has 0 unspecified atom stereocenters. The topological polar surface area (TPSA) is 104 Å². The Morgan fingerprint density at radius 1 is 0.652 bits per heavy atom. The van der Waals surface area contributed by atoms with Gasteiger partial charge >= 0.3 is 11.9 Å². The standard InChI is InChI=1S/C20H21NO3.C18H17NO3/c1-4-24-19(22)12-11-16-8-6-9-17(14-16)20(23)21(3)18-10-5-7-15(2)13-18;1-13-5-3-8-16(11-13)19(2)18(22)15-7-4-6-14(12-15)9-10-17(20)21/h5-14H,4H2,1-3H3;3-12H,1-2H3,(H,20,21)/b12-11+;10-9+. The maximum absolute atomic E-state index is 12.7. The first-order valence-electron chi connectivity index (χ1n) is 14.6. The predicted molar refractivity (Wildman–Crippen MR) is 183 cm³/mol. The monoisotopic (exact) mass is 618 g/mol. The van der Waals surface area contributed by atoms with Gasteiger partial charge in [0.15, 0.2) is 0 Å². The number of amides is 2. The number of carboxylic acid groups (broad SMARTS) is 1. The lowest BCUT2D eigenvalue weighted by Crippen LogP contribution is -2.26. The minimum atomic E-state index is -1.02. The van der Waals surface area contributed by atoms with E-state index in [1.807, 2.05) is 68.4 Å².